The summed E-state index contributed by atoms with van der Waals surface area (Å²) < 4.78 is 0. The molecule has 0 spiro atoms. The van der Waals surface area contributed by atoms with Gasteiger partial charge in [-0.15, -0.1) is 0 Å². The highest BCUT2D eigenvalue weighted by atomic mass is 35.5. The second kappa shape index (κ2) is 5.18. The number of benzene rings is 2. The first-order valence-electron chi connectivity index (χ1n) is 7.14. The van der Waals surface area contributed by atoms with E-state index in [1.807, 2.05) is 30.3 Å². The number of pyridine rings is 1. The van der Waals surface area contributed by atoms with Gasteiger partial charge in [0.05, 0.1) is 23.3 Å². The summed E-state index contributed by atoms with van der Waals surface area (Å²) in [4.78, 5) is 30.1. The monoisotopic (exact) mass is 322 g/mol. The van der Waals surface area contributed by atoms with Crippen LogP contribution in [0.3, 0.4) is 0 Å². The van der Waals surface area contributed by atoms with Crippen LogP contribution in [-0.2, 0) is 11.3 Å². The standard InChI is InChI=1S/C18H11ClN2O2/c19-17-12(9-11-5-1-3-7-14(11)20-17)10-21-15-8-4-2-6-13(15)16(22)18(21)23/h1-9H,10H2. The van der Waals surface area contributed by atoms with Gasteiger partial charge in [-0.25, -0.2) is 4.98 Å². The number of amides is 1. The van der Waals surface area contributed by atoms with Gasteiger partial charge in [0.2, 0.25) is 0 Å². The molecular formula is C18H11ClN2O2. The first-order chi connectivity index (χ1) is 11.1. The number of anilines is 1. The van der Waals surface area contributed by atoms with Crippen LogP contribution in [0.15, 0.2) is 54.6 Å². The number of Topliss-reactive ketones (excluding diaryl/α,β-unsaturated/α-hetero) is 1. The largest absolute Gasteiger partial charge is 0.300 e. The molecule has 0 atom stereocenters. The van der Waals surface area contributed by atoms with Gasteiger partial charge in [0.15, 0.2) is 0 Å². The lowest BCUT2D eigenvalue weighted by Crippen LogP contribution is -2.29. The van der Waals surface area contributed by atoms with Gasteiger partial charge in [0.25, 0.3) is 11.7 Å². The summed E-state index contributed by atoms with van der Waals surface area (Å²) in [5, 5.41) is 1.28. The summed E-state index contributed by atoms with van der Waals surface area (Å²) in [5.74, 6) is -1.01. The van der Waals surface area contributed by atoms with Crippen molar-refractivity contribution in [3.05, 3.63) is 70.9 Å². The Morgan fingerprint density at radius 3 is 2.61 bits per heavy atom. The minimum Gasteiger partial charge on any atom is -0.300 e. The van der Waals surface area contributed by atoms with Gasteiger partial charge in [-0.05, 0) is 24.3 Å². The van der Waals surface area contributed by atoms with E-state index in [4.69, 9.17) is 11.6 Å². The molecule has 1 aliphatic rings. The van der Waals surface area contributed by atoms with E-state index in [1.165, 1.54) is 4.90 Å². The van der Waals surface area contributed by atoms with Crippen molar-refractivity contribution in [1.82, 2.24) is 4.98 Å². The number of ketones is 1. The zero-order chi connectivity index (χ0) is 16.0. The summed E-state index contributed by atoms with van der Waals surface area (Å²) in [7, 11) is 0. The number of hydrogen-bond acceptors (Lipinski definition) is 3. The van der Waals surface area contributed by atoms with E-state index in [1.54, 1.807) is 24.3 Å². The molecular weight excluding hydrogens is 312 g/mol. The lowest BCUT2D eigenvalue weighted by Gasteiger charge is -2.17. The van der Waals surface area contributed by atoms with Crippen molar-refractivity contribution in [3.8, 4) is 0 Å². The molecule has 3 aromatic rings. The highest BCUT2D eigenvalue weighted by Gasteiger charge is 2.35. The number of fused-ring (bicyclic) bond motifs is 2. The highest BCUT2D eigenvalue weighted by Crippen LogP contribution is 2.31. The maximum absolute atomic E-state index is 12.3. The molecule has 0 saturated heterocycles. The number of carbonyl (C=O) groups excluding carboxylic acids is 2. The molecule has 0 unspecified atom stereocenters. The number of nitrogens with zero attached hydrogens (tertiary/aromatic N) is 2. The molecule has 1 aliphatic heterocycles. The number of aromatic nitrogens is 1. The third-order valence-corrected chi connectivity index (χ3v) is 4.28. The molecule has 2 heterocycles. The van der Waals surface area contributed by atoms with E-state index in [2.05, 4.69) is 4.98 Å². The van der Waals surface area contributed by atoms with Crippen molar-refractivity contribution >= 4 is 39.9 Å². The molecule has 0 N–H and O–H groups in total. The molecule has 1 aromatic heterocycles. The average Bonchev–Trinajstić information content (AvgIpc) is 2.81. The van der Waals surface area contributed by atoms with Crippen LogP contribution in [0, 0.1) is 0 Å². The topological polar surface area (TPSA) is 50.3 Å². The Morgan fingerprint density at radius 2 is 1.74 bits per heavy atom. The molecule has 5 heteroatoms. The van der Waals surface area contributed by atoms with E-state index in [-0.39, 0.29) is 6.54 Å². The molecule has 0 aliphatic carbocycles. The summed E-state index contributed by atoms with van der Waals surface area (Å²) in [6.45, 7) is 0.220. The maximum atomic E-state index is 12.3. The van der Waals surface area contributed by atoms with Crippen molar-refractivity contribution in [2.75, 3.05) is 4.90 Å². The van der Waals surface area contributed by atoms with Crippen molar-refractivity contribution < 1.29 is 9.59 Å². The Morgan fingerprint density at radius 1 is 1.00 bits per heavy atom. The maximum Gasteiger partial charge on any atom is 0.299 e. The molecule has 0 fully saturated rings. The molecule has 112 valence electrons. The zero-order valence-electron chi connectivity index (χ0n) is 12.0. The lowest BCUT2D eigenvalue weighted by atomic mass is 10.1. The summed E-state index contributed by atoms with van der Waals surface area (Å²) >= 11 is 6.26. The Bertz CT molecular complexity index is 968. The fourth-order valence-electron chi connectivity index (χ4n) is 2.82. The first-order valence-corrected chi connectivity index (χ1v) is 7.52. The predicted octanol–water partition coefficient (Wildman–Crippen LogP) is 3.62. The van der Waals surface area contributed by atoms with Crippen molar-refractivity contribution in [3.63, 3.8) is 0 Å². The predicted molar refractivity (Wildman–Crippen MR) is 88.7 cm³/mol. The van der Waals surface area contributed by atoms with Crippen LogP contribution in [0.2, 0.25) is 5.15 Å². The molecule has 0 saturated carbocycles. The van der Waals surface area contributed by atoms with Crippen LogP contribution in [-0.4, -0.2) is 16.7 Å². The Hall–Kier alpha value is -2.72. The lowest BCUT2D eigenvalue weighted by molar-refractivity contribution is -0.114. The van der Waals surface area contributed by atoms with Gasteiger partial charge in [-0.1, -0.05) is 41.9 Å². The number of para-hydroxylation sites is 2. The fourth-order valence-corrected chi connectivity index (χ4v) is 3.03. The number of rotatable bonds is 2. The van der Waals surface area contributed by atoms with Crippen molar-refractivity contribution in [2.45, 2.75) is 6.54 Å². The van der Waals surface area contributed by atoms with Crippen molar-refractivity contribution in [1.29, 1.82) is 0 Å². The van der Waals surface area contributed by atoms with Crippen LogP contribution in [0.5, 0.6) is 0 Å². The quantitative estimate of drug-likeness (QED) is 0.535. The minimum atomic E-state index is -0.532. The fraction of sp³-hybridized carbons (Fsp3) is 0.0556. The van der Waals surface area contributed by atoms with Crippen LogP contribution in [0.4, 0.5) is 5.69 Å². The number of hydrogen-bond donors (Lipinski definition) is 0. The van der Waals surface area contributed by atoms with Crippen LogP contribution in [0.25, 0.3) is 10.9 Å². The Balaban J connectivity index is 1.78. The molecule has 1 amide bonds. The van der Waals surface area contributed by atoms with Gasteiger partial charge in [-0.2, -0.15) is 0 Å². The Labute approximate surface area is 137 Å². The highest BCUT2D eigenvalue weighted by molar-refractivity contribution is 6.52. The third kappa shape index (κ3) is 2.19. The van der Waals surface area contributed by atoms with E-state index in [9.17, 15) is 9.59 Å². The second-order valence-corrected chi connectivity index (χ2v) is 5.73. The molecule has 23 heavy (non-hydrogen) atoms. The van der Waals surface area contributed by atoms with Crippen molar-refractivity contribution in [2.24, 2.45) is 0 Å². The number of carbonyl (C=O) groups is 2. The van der Waals surface area contributed by atoms with E-state index in [0.717, 1.165) is 10.9 Å². The smallest absolute Gasteiger partial charge is 0.299 e. The molecule has 2 aromatic carbocycles. The SMILES string of the molecule is O=C1C(=O)N(Cc2cc3ccccc3nc2Cl)c2ccccc21. The second-order valence-electron chi connectivity index (χ2n) is 5.37. The van der Waals surface area contributed by atoms with E-state index < -0.39 is 11.7 Å². The average molecular weight is 323 g/mol. The molecule has 4 rings (SSSR count). The summed E-state index contributed by atoms with van der Waals surface area (Å²) in [6, 6.07) is 16.5. The summed E-state index contributed by atoms with van der Waals surface area (Å²) in [6.07, 6.45) is 0. The van der Waals surface area contributed by atoms with Crippen LogP contribution >= 0.6 is 11.6 Å². The third-order valence-electron chi connectivity index (χ3n) is 3.96. The summed E-state index contributed by atoms with van der Waals surface area (Å²) in [5.41, 5.74) is 2.56. The molecule has 4 nitrogen and oxygen atoms in total. The Kier molecular flexibility index (Phi) is 3.13. The molecule has 0 bridgehead atoms. The van der Waals surface area contributed by atoms with Gasteiger partial charge >= 0.3 is 0 Å². The van der Waals surface area contributed by atoms with Gasteiger partial charge in [0.1, 0.15) is 5.15 Å². The normalized spacial score (nSPS) is 13.7. The van der Waals surface area contributed by atoms with E-state index >= 15 is 0 Å². The van der Waals surface area contributed by atoms with Gasteiger partial charge < -0.3 is 4.90 Å². The number of halogens is 1. The van der Waals surface area contributed by atoms with E-state index in [0.29, 0.717) is 22.0 Å². The zero-order valence-corrected chi connectivity index (χ0v) is 12.7. The molecule has 0 radical (unpaired) electrons. The first kappa shape index (κ1) is 13.9. The minimum absolute atomic E-state index is 0.220. The van der Waals surface area contributed by atoms with Crippen LogP contribution < -0.4 is 4.90 Å². The van der Waals surface area contributed by atoms with Gasteiger partial charge in [0, 0.05) is 10.9 Å². The van der Waals surface area contributed by atoms with Crippen LogP contribution in [0.1, 0.15) is 15.9 Å². The van der Waals surface area contributed by atoms with Gasteiger partial charge in [-0.3, -0.25) is 9.59 Å².